The second kappa shape index (κ2) is 7.16. The minimum absolute atomic E-state index is 0.197. The fourth-order valence-corrected chi connectivity index (χ4v) is 3.55. The highest BCUT2D eigenvalue weighted by atomic mass is 16.1. The Morgan fingerprint density at radius 3 is 2.79 bits per heavy atom. The quantitative estimate of drug-likeness (QED) is 0.816. The van der Waals surface area contributed by atoms with E-state index in [4.69, 9.17) is 10.7 Å². The van der Waals surface area contributed by atoms with E-state index in [0.717, 1.165) is 49.1 Å². The molecule has 1 aliphatic carbocycles. The van der Waals surface area contributed by atoms with Crippen LogP contribution in [0.5, 0.6) is 0 Å². The van der Waals surface area contributed by atoms with Crippen molar-refractivity contribution >= 4 is 17.6 Å². The van der Waals surface area contributed by atoms with E-state index in [1.807, 2.05) is 31.2 Å². The number of nitrogens with zero attached hydrogens (tertiary/aromatic N) is 2. The maximum atomic E-state index is 12.1. The van der Waals surface area contributed by atoms with Crippen LogP contribution in [0.1, 0.15) is 67.8 Å². The number of carbonyl (C=O) groups excluding carboxylic acids is 1. The van der Waals surface area contributed by atoms with Crippen LogP contribution in [0.2, 0.25) is 0 Å². The molecule has 1 aliphatic heterocycles. The lowest BCUT2D eigenvalue weighted by molar-refractivity contribution is 0.0981. The molecule has 3 N–H and O–H groups in total. The van der Waals surface area contributed by atoms with Gasteiger partial charge in [0.25, 0.3) is 0 Å². The zero-order valence-corrected chi connectivity index (χ0v) is 14.3. The molecular formula is C19H26N4O. The summed E-state index contributed by atoms with van der Waals surface area (Å²) in [7, 11) is 0. The lowest BCUT2D eigenvalue weighted by atomic mass is 9.89. The maximum Gasteiger partial charge on any atom is 0.196 e. The lowest BCUT2D eigenvalue weighted by Gasteiger charge is -2.34. The summed E-state index contributed by atoms with van der Waals surface area (Å²) in [5.74, 6) is 1.51. The molecule has 1 heterocycles. The van der Waals surface area contributed by atoms with Gasteiger partial charge in [0, 0.05) is 18.4 Å². The standard InChI is InChI=1S/C19H26N4O/c1-2-7-16(24)15-9-6-8-14(12-15)13-17-21-18(20)23-19(22-17)10-4-3-5-11-19/h6,8-9,12H,2-5,7,10-11,13H2,1H3,(H3,20,21,22,23). The van der Waals surface area contributed by atoms with Gasteiger partial charge in [-0.15, -0.1) is 0 Å². The van der Waals surface area contributed by atoms with E-state index in [0.29, 0.717) is 18.8 Å². The van der Waals surface area contributed by atoms with Crippen molar-refractivity contribution in [3.8, 4) is 0 Å². The first-order valence-corrected chi connectivity index (χ1v) is 8.93. The van der Waals surface area contributed by atoms with Crippen molar-refractivity contribution in [1.29, 1.82) is 0 Å². The molecule has 5 heteroatoms. The summed E-state index contributed by atoms with van der Waals surface area (Å²) in [4.78, 5) is 21.6. The van der Waals surface area contributed by atoms with Crippen molar-refractivity contribution in [2.24, 2.45) is 15.7 Å². The van der Waals surface area contributed by atoms with E-state index in [1.54, 1.807) is 0 Å². The first-order valence-electron chi connectivity index (χ1n) is 8.93. The average molecular weight is 326 g/mol. The third kappa shape index (κ3) is 3.83. The summed E-state index contributed by atoms with van der Waals surface area (Å²) >= 11 is 0. The Labute approximate surface area is 143 Å². The monoisotopic (exact) mass is 326 g/mol. The van der Waals surface area contributed by atoms with E-state index in [9.17, 15) is 4.79 Å². The number of amidine groups is 1. The second-order valence-electron chi connectivity index (χ2n) is 6.77. The molecule has 1 aromatic carbocycles. The van der Waals surface area contributed by atoms with Crippen molar-refractivity contribution in [3.63, 3.8) is 0 Å². The van der Waals surface area contributed by atoms with E-state index < -0.39 is 0 Å². The van der Waals surface area contributed by atoms with Crippen molar-refractivity contribution in [2.45, 2.75) is 64.0 Å². The van der Waals surface area contributed by atoms with Gasteiger partial charge in [-0.2, -0.15) is 0 Å². The minimum atomic E-state index is -0.363. The molecule has 1 saturated carbocycles. The van der Waals surface area contributed by atoms with E-state index in [2.05, 4.69) is 10.3 Å². The van der Waals surface area contributed by atoms with Crippen LogP contribution in [0.3, 0.4) is 0 Å². The summed E-state index contributed by atoms with van der Waals surface area (Å²) in [5, 5.41) is 3.10. The molecule has 0 aromatic heterocycles. The van der Waals surface area contributed by atoms with Crippen LogP contribution in [0.15, 0.2) is 34.3 Å². The van der Waals surface area contributed by atoms with Gasteiger partial charge < -0.3 is 11.1 Å². The molecule has 0 bridgehead atoms. The Hall–Kier alpha value is -2.17. The lowest BCUT2D eigenvalue weighted by Crippen LogP contribution is -2.47. The molecule has 3 rings (SSSR count). The van der Waals surface area contributed by atoms with E-state index in [1.165, 1.54) is 6.42 Å². The number of Topliss-reactive ketones (excluding diaryl/α,β-unsaturated/α-hetero) is 1. The van der Waals surface area contributed by atoms with Crippen LogP contribution in [-0.4, -0.2) is 23.2 Å². The van der Waals surface area contributed by atoms with Gasteiger partial charge in [0.05, 0.1) is 0 Å². The minimum Gasteiger partial charge on any atom is -0.370 e. The molecule has 0 amide bonds. The summed E-state index contributed by atoms with van der Waals surface area (Å²) < 4.78 is 0. The average Bonchev–Trinajstić information content (AvgIpc) is 2.55. The van der Waals surface area contributed by atoms with Crippen molar-refractivity contribution < 1.29 is 4.79 Å². The van der Waals surface area contributed by atoms with Crippen molar-refractivity contribution in [2.75, 3.05) is 0 Å². The third-order valence-corrected chi connectivity index (χ3v) is 4.70. The number of nitrogens with two attached hydrogens (primary N) is 1. The molecule has 1 aromatic rings. The highest BCUT2D eigenvalue weighted by molar-refractivity contribution is 6.02. The van der Waals surface area contributed by atoms with Crippen LogP contribution in [0.25, 0.3) is 0 Å². The Bertz CT molecular complexity index is 672. The Morgan fingerprint density at radius 2 is 2.04 bits per heavy atom. The summed E-state index contributed by atoms with van der Waals surface area (Å²) in [5.41, 5.74) is 7.49. The normalized spacial score (nSPS) is 19.4. The number of benzene rings is 1. The first kappa shape index (κ1) is 16.7. The van der Waals surface area contributed by atoms with Crippen LogP contribution in [-0.2, 0) is 6.42 Å². The predicted octanol–water partition coefficient (Wildman–Crippen LogP) is 3.19. The summed E-state index contributed by atoms with van der Waals surface area (Å²) in [6.07, 6.45) is 7.57. The summed E-state index contributed by atoms with van der Waals surface area (Å²) in [6.45, 7) is 2.02. The predicted molar refractivity (Wildman–Crippen MR) is 97.4 cm³/mol. The van der Waals surface area contributed by atoms with E-state index in [-0.39, 0.29) is 11.4 Å². The van der Waals surface area contributed by atoms with Gasteiger partial charge >= 0.3 is 0 Å². The molecule has 0 saturated heterocycles. The second-order valence-corrected chi connectivity index (χ2v) is 6.77. The SMILES string of the molecule is CCCC(=O)c1cccc(CC2=NC3(CCCCC3)N=C(N)N2)c1. The maximum absolute atomic E-state index is 12.1. The molecule has 2 aliphatic rings. The Kier molecular flexibility index (Phi) is 4.97. The molecular weight excluding hydrogens is 300 g/mol. The molecule has 5 nitrogen and oxygen atoms in total. The number of hydrogen-bond donors (Lipinski definition) is 2. The van der Waals surface area contributed by atoms with Gasteiger partial charge in [0.1, 0.15) is 5.84 Å². The van der Waals surface area contributed by atoms with Gasteiger partial charge in [0.15, 0.2) is 17.4 Å². The molecule has 128 valence electrons. The zero-order chi connectivity index (χ0) is 17.0. The van der Waals surface area contributed by atoms with Gasteiger partial charge in [-0.3, -0.25) is 4.79 Å². The van der Waals surface area contributed by atoms with Gasteiger partial charge in [-0.05, 0) is 43.7 Å². The highest BCUT2D eigenvalue weighted by Crippen LogP contribution is 2.34. The Morgan fingerprint density at radius 1 is 1.25 bits per heavy atom. The number of aliphatic imine (C=N–C) groups is 2. The highest BCUT2D eigenvalue weighted by Gasteiger charge is 2.34. The largest absolute Gasteiger partial charge is 0.370 e. The third-order valence-electron chi connectivity index (χ3n) is 4.70. The van der Waals surface area contributed by atoms with Gasteiger partial charge in [0.2, 0.25) is 0 Å². The molecule has 0 atom stereocenters. The van der Waals surface area contributed by atoms with Crippen LogP contribution in [0.4, 0.5) is 0 Å². The number of hydrogen-bond acceptors (Lipinski definition) is 5. The van der Waals surface area contributed by atoms with E-state index >= 15 is 0 Å². The first-order chi connectivity index (χ1) is 11.6. The number of ketones is 1. The molecule has 0 radical (unpaired) electrons. The van der Waals surface area contributed by atoms with Crippen LogP contribution in [0, 0.1) is 0 Å². The molecule has 0 unspecified atom stereocenters. The molecule has 24 heavy (non-hydrogen) atoms. The van der Waals surface area contributed by atoms with Gasteiger partial charge in [-0.25, -0.2) is 9.98 Å². The molecule has 1 spiro atoms. The van der Waals surface area contributed by atoms with Crippen molar-refractivity contribution in [3.05, 3.63) is 35.4 Å². The fraction of sp³-hybridized carbons (Fsp3) is 0.526. The van der Waals surface area contributed by atoms with Gasteiger partial charge in [-0.1, -0.05) is 31.5 Å². The number of nitrogens with one attached hydrogen (secondary N) is 1. The summed E-state index contributed by atoms with van der Waals surface area (Å²) in [6, 6.07) is 7.82. The van der Waals surface area contributed by atoms with Crippen molar-refractivity contribution in [1.82, 2.24) is 5.32 Å². The topological polar surface area (TPSA) is 79.8 Å². The Balaban J connectivity index is 1.78. The smallest absolute Gasteiger partial charge is 0.196 e. The number of rotatable bonds is 5. The fourth-order valence-electron chi connectivity index (χ4n) is 3.55. The van der Waals surface area contributed by atoms with Crippen LogP contribution < -0.4 is 11.1 Å². The van der Waals surface area contributed by atoms with Crippen LogP contribution >= 0.6 is 0 Å². The number of guanidine groups is 1. The zero-order valence-electron chi connectivity index (χ0n) is 14.3. The molecule has 1 fully saturated rings. The number of carbonyl (C=O) groups is 1.